The van der Waals surface area contributed by atoms with Crippen LogP contribution in [0.25, 0.3) is 11.0 Å². The molecule has 5 rings (SSSR count). The Labute approximate surface area is 178 Å². The lowest BCUT2D eigenvalue weighted by Gasteiger charge is -2.29. The number of aromatic nitrogens is 3. The van der Waals surface area contributed by atoms with Crippen molar-refractivity contribution in [2.45, 2.75) is 6.92 Å². The van der Waals surface area contributed by atoms with Gasteiger partial charge in [0.05, 0.1) is 29.9 Å². The molecule has 31 heavy (non-hydrogen) atoms. The fourth-order valence-corrected chi connectivity index (χ4v) is 3.76. The minimum atomic E-state index is -0.0879. The van der Waals surface area contributed by atoms with Gasteiger partial charge in [-0.05, 0) is 25.1 Å². The average Bonchev–Trinajstić information content (AvgIpc) is 3.29. The Balaban J connectivity index is 1.49. The molecule has 2 aliphatic rings. The summed E-state index contributed by atoms with van der Waals surface area (Å²) in [5.41, 5.74) is 1.84. The zero-order valence-corrected chi connectivity index (χ0v) is 17.2. The van der Waals surface area contributed by atoms with Crippen LogP contribution in [0.5, 0.6) is 11.5 Å². The third kappa shape index (κ3) is 3.70. The fourth-order valence-electron chi connectivity index (χ4n) is 3.76. The van der Waals surface area contributed by atoms with Crippen molar-refractivity contribution in [3.05, 3.63) is 30.0 Å². The largest absolute Gasteiger partial charge is 0.485 e. The highest BCUT2D eigenvalue weighted by molar-refractivity contribution is 5.99. The molecule has 3 aromatic rings. The van der Waals surface area contributed by atoms with Gasteiger partial charge in [-0.15, -0.1) is 0 Å². The van der Waals surface area contributed by atoms with Gasteiger partial charge in [0.1, 0.15) is 24.7 Å². The standard InChI is InChI=1S/C21H24N6O4/c1-2-22-18-14-5-6-23-19(14)26-21(25-18)24-15-4-3-13(16-17(15)31-12-11-30-16)20(28)27-7-9-29-10-8-27/h3-6H,2,7-12H2,1H3,(H3,22,23,24,25,26). The van der Waals surface area contributed by atoms with Crippen LogP contribution in [0, 0.1) is 0 Å². The van der Waals surface area contributed by atoms with Gasteiger partial charge in [-0.25, -0.2) is 0 Å². The number of hydrogen-bond donors (Lipinski definition) is 3. The van der Waals surface area contributed by atoms with Gasteiger partial charge in [0.2, 0.25) is 5.95 Å². The van der Waals surface area contributed by atoms with Crippen LogP contribution in [-0.2, 0) is 4.74 Å². The van der Waals surface area contributed by atoms with Crippen molar-refractivity contribution >= 4 is 34.4 Å². The Morgan fingerprint density at radius 1 is 1.10 bits per heavy atom. The number of carbonyl (C=O) groups excluding carboxylic acids is 1. The number of nitrogens with one attached hydrogen (secondary N) is 3. The first-order valence-corrected chi connectivity index (χ1v) is 10.4. The monoisotopic (exact) mass is 424 g/mol. The summed E-state index contributed by atoms with van der Waals surface area (Å²) in [5.74, 6) is 2.00. The lowest BCUT2D eigenvalue weighted by molar-refractivity contribution is 0.0298. The number of hydrogen-bond acceptors (Lipinski definition) is 8. The molecule has 0 atom stereocenters. The summed E-state index contributed by atoms with van der Waals surface area (Å²) < 4.78 is 17.1. The zero-order chi connectivity index (χ0) is 21.2. The van der Waals surface area contributed by atoms with E-state index in [9.17, 15) is 4.79 Å². The molecule has 0 aliphatic carbocycles. The minimum Gasteiger partial charge on any atom is -0.485 e. The molecule has 3 N–H and O–H groups in total. The first kappa shape index (κ1) is 19.4. The molecule has 1 fully saturated rings. The molecule has 2 aliphatic heterocycles. The van der Waals surface area contributed by atoms with E-state index in [1.54, 1.807) is 17.0 Å². The summed E-state index contributed by atoms with van der Waals surface area (Å²) in [6, 6.07) is 5.49. The number of amides is 1. The van der Waals surface area contributed by atoms with E-state index in [-0.39, 0.29) is 5.91 Å². The van der Waals surface area contributed by atoms with Gasteiger partial charge in [0.25, 0.3) is 5.91 Å². The van der Waals surface area contributed by atoms with Crippen LogP contribution < -0.4 is 20.1 Å². The van der Waals surface area contributed by atoms with Gasteiger partial charge in [0, 0.05) is 25.8 Å². The summed E-state index contributed by atoms with van der Waals surface area (Å²) in [6.07, 6.45) is 1.83. The topological polar surface area (TPSA) is 114 Å². The second-order valence-corrected chi connectivity index (χ2v) is 7.21. The quantitative estimate of drug-likeness (QED) is 0.572. The maximum Gasteiger partial charge on any atom is 0.257 e. The van der Waals surface area contributed by atoms with E-state index in [2.05, 4.69) is 25.6 Å². The number of morpholine rings is 1. The molecule has 0 unspecified atom stereocenters. The van der Waals surface area contributed by atoms with E-state index in [4.69, 9.17) is 14.2 Å². The molecule has 1 aromatic carbocycles. The maximum atomic E-state index is 13.1. The lowest BCUT2D eigenvalue weighted by Crippen LogP contribution is -2.41. The number of fused-ring (bicyclic) bond motifs is 2. The second kappa shape index (κ2) is 8.31. The van der Waals surface area contributed by atoms with E-state index >= 15 is 0 Å². The normalized spacial score (nSPS) is 15.7. The summed E-state index contributed by atoms with van der Waals surface area (Å²) in [7, 11) is 0. The van der Waals surface area contributed by atoms with Gasteiger partial charge < -0.3 is 34.7 Å². The molecule has 4 heterocycles. The number of ether oxygens (including phenoxy) is 3. The first-order valence-electron chi connectivity index (χ1n) is 10.4. The molecule has 2 aromatic heterocycles. The third-order valence-corrected chi connectivity index (χ3v) is 5.22. The van der Waals surface area contributed by atoms with Gasteiger partial charge in [0.15, 0.2) is 11.5 Å². The summed E-state index contributed by atoms with van der Waals surface area (Å²) in [6.45, 7) is 5.73. The highest BCUT2D eigenvalue weighted by Crippen LogP contribution is 2.42. The summed E-state index contributed by atoms with van der Waals surface area (Å²) in [5, 5.41) is 7.40. The van der Waals surface area contributed by atoms with Gasteiger partial charge >= 0.3 is 0 Å². The molecule has 10 nitrogen and oxygen atoms in total. The summed E-state index contributed by atoms with van der Waals surface area (Å²) >= 11 is 0. The molecule has 10 heteroatoms. The van der Waals surface area contributed by atoms with Crippen molar-refractivity contribution in [1.82, 2.24) is 19.9 Å². The molecular weight excluding hydrogens is 400 g/mol. The van der Waals surface area contributed by atoms with Crippen molar-refractivity contribution in [3.8, 4) is 11.5 Å². The molecule has 0 saturated carbocycles. The predicted molar refractivity (Wildman–Crippen MR) is 115 cm³/mol. The van der Waals surface area contributed by atoms with Crippen LogP contribution in [0.2, 0.25) is 0 Å². The van der Waals surface area contributed by atoms with Crippen LogP contribution in [0.15, 0.2) is 24.4 Å². The van der Waals surface area contributed by atoms with Gasteiger partial charge in [-0.1, -0.05) is 0 Å². The van der Waals surface area contributed by atoms with Crippen molar-refractivity contribution in [1.29, 1.82) is 0 Å². The number of nitrogens with zero attached hydrogens (tertiary/aromatic N) is 3. The third-order valence-electron chi connectivity index (χ3n) is 5.22. The van der Waals surface area contributed by atoms with Crippen molar-refractivity contribution in [2.75, 3.05) is 56.7 Å². The van der Waals surface area contributed by atoms with E-state index in [0.29, 0.717) is 68.2 Å². The first-order chi connectivity index (χ1) is 15.2. The average molecular weight is 424 g/mol. The molecule has 0 spiro atoms. The maximum absolute atomic E-state index is 13.1. The number of H-pyrrole nitrogens is 1. The van der Waals surface area contributed by atoms with Crippen molar-refractivity contribution in [2.24, 2.45) is 0 Å². The van der Waals surface area contributed by atoms with Gasteiger partial charge in [-0.3, -0.25) is 4.79 Å². The number of rotatable bonds is 5. The Kier molecular flexibility index (Phi) is 5.21. The lowest BCUT2D eigenvalue weighted by atomic mass is 10.1. The molecule has 162 valence electrons. The van der Waals surface area contributed by atoms with Crippen LogP contribution in [0.3, 0.4) is 0 Å². The molecule has 1 saturated heterocycles. The molecular formula is C21H24N6O4. The van der Waals surface area contributed by atoms with E-state index < -0.39 is 0 Å². The Morgan fingerprint density at radius 2 is 1.90 bits per heavy atom. The smallest absolute Gasteiger partial charge is 0.257 e. The van der Waals surface area contributed by atoms with E-state index in [1.165, 1.54) is 0 Å². The SMILES string of the molecule is CCNc1nc(Nc2ccc(C(=O)N3CCOCC3)c3c2OCCO3)nc2[nH]ccc12. The van der Waals surface area contributed by atoms with Gasteiger partial charge in [-0.2, -0.15) is 9.97 Å². The Hall–Kier alpha value is -3.53. The second-order valence-electron chi connectivity index (χ2n) is 7.21. The molecule has 0 bridgehead atoms. The van der Waals surface area contributed by atoms with E-state index in [1.807, 2.05) is 19.2 Å². The summed E-state index contributed by atoms with van der Waals surface area (Å²) in [4.78, 5) is 27.1. The number of aromatic amines is 1. The zero-order valence-electron chi connectivity index (χ0n) is 17.2. The number of anilines is 3. The van der Waals surface area contributed by atoms with Crippen LogP contribution in [0.4, 0.5) is 17.5 Å². The Bertz CT molecular complexity index is 1110. The molecule has 0 radical (unpaired) electrons. The highest BCUT2D eigenvalue weighted by atomic mass is 16.6. The van der Waals surface area contributed by atoms with Crippen LogP contribution in [-0.4, -0.2) is 71.8 Å². The minimum absolute atomic E-state index is 0.0879. The van der Waals surface area contributed by atoms with Crippen LogP contribution in [0.1, 0.15) is 17.3 Å². The predicted octanol–water partition coefficient (Wildman–Crippen LogP) is 2.38. The highest BCUT2D eigenvalue weighted by Gasteiger charge is 2.28. The van der Waals surface area contributed by atoms with Crippen molar-refractivity contribution < 1.29 is 19.0 Å². The van der Waals surface area contributed by atoms with Crippen LogP contribution >= 0.6 is 0 Å². The number of carbonyl (C=O) groups is 1. The van der Waals surface area contributed by atoms with E-state index in [0.717, 1.165) is 23.4 Å². The fraction of sp³-hybridized carbons (Fsp3) is 0.381. The molecule has 1 amide bonds. The number of benzene rings is 1. The Morgan fingerprint density at radius 3 is 2.71 bits per heavy atom. The van der Waals surface area contributed by atoms with Crippen molar-refractivity contribution in [3.63, 3.8) is 0 Å².